The highest BCUT2D eigenvalue weighted by Gasteiger charge is 2.50. The molecule has 6 nitrogen and oxygen atoms in total. The van der Waals surface area contributed by atoms with Crippen LogP contribution in [0.3, 0.4) is 0 Å². The van der Waals surface area contributed by atoms with Crippen LogP contribution < -0.4 is 5.32 Å². The van der Waals surface area contributed by atoms with Crippen molar-refractivity contribution < 1.29 is 17.7 Å². The summed E-state index contributed by atoms with van der Waals surface area (Å²) in [5, 5.41) is 8.05. The van der Waals surface area contributed by atoms with E-state index in [2.05, 4.69) is 31.8 Å². The Labute approximate surface area is 219 Å². The highest BCUT2D eigenvalue weighted by molar-refractivity contribution is 6.35. The molecule has 0 unspecified atom stereocenters. The molecule has 1 saturated carbocycles. The van der Waals surface area contributed by atoms with Crippen molar-refractivity contribution in [1.29, 1.82) is 0 Å². The van der Waals surface area contributed by atoms with Gasteiger partial charge >= 0.3 is 6.18 Å². The molecule has 0 radical (unpaired) electrons. The zero-order valence-corrected chi connectivity index (χ0v) is 21.5. The van der Waals surface area contributed by atoms with Crippen LogP contribution in [0.25, 0.3) is 0 Å². The minimum Gasteiger partial charge on any atom is -0.338 e. The molecule has 2 aromatic rings. The van der Waals surface area contributed by atoms with E-state index in [1.165, 1.54) is 12.1 Å². The highest BCUT2D eigenvalue weighted by Crippen LogP contribution is 2.52. The van der Waals surface area contributed by atoms with E-state index in [9.17, 15) is 13.2 Å². The molecule has 0 spiro atoms. The standard InChI is InChI=1S/C25H30Cl2F3N5O/c1-18(13-21(27)15-26)24(5-6-24)23-32-22(36-33-23)16-31-7-8-34-9-11-35(12-10-34)17-19-3-2-4-20(14-19)25(28,29)30/h2-4,13-14,31H,1,5-12,15-17H2/b21-13-. The lowest BCUT2D eigenvalue weighted by Gasteiger charge is -2.34. The maximum absolute atomic E-state index is 12.9. The van der Waals surface area contributed by atoms with Crippen LogP contribution in [-0.4, -0.2) is 65.1 Å². The predicted octanol–water partition coefficient (Wildman–Crippen LogP) is 4.95. The number of piperazine rings is 1. The lowest BCUT2D eigenvalue weighted by Crippen LogP contribution is -2.47. The number of aromatic nitrogens is 2. The molecule has 2 fully saturated rings. The van der Waals surface area contributed by atoms with Gasteiger partial charge < -0.3 is 9.84 Å². The SMILES string of the molecule is C=C(/C=C(\Cl)CCl)C1(c2noc(CNCCN3CCN(Cc4cccc(C(F)(F)F)c4)CC3)n2)CC1. The summed E-state index contributed by atoms with van der Waals surface area (Å²) in [7, 11) is 0. The first-order chi connectivity index (χ1) is 17.2. The summed E-state index contributed by atoms with van der Waals surface area (Å²) < 4.78 is 44.3. The summed E-state index contributed by atoms with van der Waals surface area (Å²) >= 11 is 11.8. The molecule has 0 amide bonds. The Bertz CT molecular complexity index is 1080. The van der Waals surface area contributed by atoms with E-state index in [1.807, 2.05) is 0 Å². The second-order valence-corrected chi connectivity index (χ2v) is 10.1. The summed E-state index contributed by atoms with van der Waals surface area (Å²) in [4.78, 5) is 9.09. The second-order valence-electron chi connectivity index (χ2n) is 9.34. The van der Waals surface area contributed by atoms with Gasteiger partial charge in [0, 0.05) is 50.8 Å². The van der Waals surface area contributed by atoms with Crippen molar-refractivity contribution in [2.75, 3.05) is 45.1 Å². The first kappa shape index (κ1) is 27.1. The number of nitrogens with one attached hydrogen (secondary N) is 1. The first-order valence-electron chi connectivity index (χ1n) is 12.0. The maximum Gasteiger partial charge on any atom is 0.416 e. The van der Waals surface area contributed by atoms with E-state index in [4.69, 9.17) is 27.7 Å². The number of hydrogen-bond acceptors (Lipinski definition) is 6. The van der Waals surface area contributed by atoms with E-state index < -0.39 is 11.7 Å². The Kier molecular flexibility index (Phi) is 8.78. The number of rotatable bonds is 11. The van der Waals surface area contributed by atoms with Crippen LogP contribution in [-0.2, 0) is 24.7 Å². The molecule has 0 atom stereocenters. The fourth-order valence-electron chi connectivity index (χ4n) is 4.41. The fourth-order valence-corrected chi connectivity index (χ4v) is 4.62. The van der Waals surface area contributed by atoms with Crippen LogP contribution in [0.15, 0.2) is 52.0 Å². The summed E-state index contributed by atoms with van der Waals surface area (Å²) in [6, 6.07) is 5.58. The minimum absolute atomic E-state index is 0.239. The maximum atomic E-state index is 12.9. The average Bonchev–Trinajstić information content (AvgIpc) is 3.54. The fraction of sp³-hybridized carbons (Fsp3) is 0.520. The van der Waals surface area contributed by atoms with Crippen molar-refractivity contribution in [2.24, 2.45) is 0 Å². The molecule has 1 aliphatic carbocycles. The van der Waals surface area contributed by atoms with Gasteiger partial charge in [0.05, 0.1) is 23.4 Å². The molecule has 1 aromatic heterocycles. The molecule has 0 bridgehead atoms. The third kappa shape index (κ3) is 6.89. The Morgan fingerprint density at radius 1 is 1.19 bits per heavy atom. The summed E-state index contributed by atoms with van der Waals surface area (Å²) in [5.74, 6) is 1.40. The largest absolute Gasteiger partial charge is 0.416 e. The summed E-state index contributed by atoms with van der Waals surface area (Å²) in [5.41, 5.74) is 0.638. The van der Waals surface area contributed by atoms with Gasteiger partial charge in [-0.3, -0.25) is 9.80 Å². The molecule has 1 aromatic carbocycles. The van der Waals surface area contributed by atoms with Gasteiger partial charge in [-0.2, -0.15) is 18.2 Å². The van der Waals surface area contributed by atoms with Gasteiger partial charge in [-0.1, -0.05) is 41.5 Å². The number of allylic oxidation sites excluding steroid dienone is 3. The van der Waals surface area contributed by atoms with E-state index in [0.717, 1.165) is 63.7 Å². The molecule has 196 valence electrons. The van der Waals surface area contributed by atoms with Crippen LogP contribution >= 0.6 is 23.2 Å². The molecule has 1 saturated heterocycles. The summed E-state index contributed by atoms with van der Waals surface area (Å²) in [6.45, 7) is 10.1. The van der Waals surface area contributed by atoms with Gasteiger partial charge in [0.2, 0.25) is 5.89 Å². The summed E-state index contributed by atoms with van der Waals surface area (Å²) in [6.07, 6.45) is -0.717. The van der Waals surface area contributed by atoms with E-state index in [1.54, 1.807) is 12.1 Å². The Morgan fingerprint density at radius 3 is 2.58 bits per heavy atom. The van der Waals surface area contributed by atoms with Crippen molar-refractivity contribution in [3.8, 4) is 0 Å². The zero-order chi connectivity index (χ0) is 25.8. The molecule has 1 N–H and O–H groups in total. The third-order valence-corrected chi connectivity index (χ3v) is 7.39. The number of benzene rings is 1. The molecule has 11 heteroatoms. The first-order valence-corrected chi connectivity index (χ1v) is 12.9. The van der Waals surface area contributed by atoms with Crippen molar-refractivity contribution in [1.82, 2.24) is 25.3 Å². The van der Waals surface area contributed by atoms with Crippen LogP contribution in [0.1, 0.15) is 35.7 Å². The Hall–Kier alpha value is -1.91. The average molecular weight is 544 g/mol. The molecule has 4 rings (SSSR count). The monoisotopic (exact) mass is 543 g/mol. The number of nitrogens with zero attached hydrogens (tertiary/aromatic N) is 4. The van der Waals surface area contributed by atoms with E-state index >= 15 is 0 Å². The molecule has 2 aliphatic rings. The number of hydrogen-bond donors (Lipinski definition) is 1. The number of halogens is 5. The molecule has 2 heterocycles. The molecular formula is C25H30Cl2F3N5O. The quantitative estimate of drug-likeness (QED) is 0.246. The van der Waals surface area contributed by atoms with Crippen LogP contribution in [0.5, 0.6) is 0 Å². The minimum atomic E-state index is -4.31. The van der Waals surface area contributed by atoms with Crippen LogP contribution in [0, 0.1) is 0 Å². The van der Waals surface area contributed by atoms with E-state index in [0.29, 0.717) is 35.4 Å². The van der Waals surface area contributed by atoms with Gasteiger partial charge in [0.25, 0.3) is 0 Å². The topological polar surface area (TPSA) is 57.4 Å². The molecule has 1 aliphatic heterocycles. The lowest BCUT2D eigenvalue weighted by molar-refractivity contribution is -0.137. The van der Waals surface area contributed by atoms with Crippen LogP contribution in [0.2, 0.25) is 0 Å². The van der Waals surface area contributed by atoms with Gasteiger partial charge in [-0.15, -0.1) is 11.6 Å². The lowest BCUT2D eigenvalue weighted by atomic mass is 9.96. The predicted molar refractivity (Wildman–Crippen MR) is 134 cm³/mol. The van der Waals surface area contributed by atoms with Crippen molar-refractivity contribution in [2.45, 2.75) is 37.5 Å². The van der Waals surface area contributed by atoms with Crippen LogP contribution in [0.4, 0.5) is 13.2 Å². The highest BCUT2D eigenvalue weighted by atomic mass is 35.5. The van der Waals surface area contributed by atoms with Gasteiger partial charge in [0.1, 0.15) is 0 Å². The van der Waals surface area contributed by atoms with Crippen molar-refractivity contribution in [3.05, 3.63) is 70.4 Å². The Morgan fingerprint density at radius 2 is 1.92 bits per heavy atom. The Balaban J connectivity index is 1.16. The van der Waals surface area contributed by atoms with E-state index in [-0.39, 0.29) is 11.3 Å². The molecule has 36 heavy (non-hydrogen) atoms. The van der Waals surface area contributed by atoms with Gasteiger partial charge in [-0.05, 0) is 36.1 Å². The number of alkyl halides is 4. The third-order valence-electron chi connectivity index (χ3n) is 6.73. The smallest absolute Gasteiger partial charge is 0.338 e. The molecular weight excluding hydrogens is 514 g/mol. The van der Waals surface area contributed by atoms with Crippen molar-refractivity contribution >= 4 is 23.2 Å². The van der Waals surface area contributed by atoms with Crippen molar-refractivity contribution in [3.63, 3.8) is 0 Å². The zero-order valence-electron chi connectivity index (χ0n) is 20.0. The second kappa shape index (κ2) is 11.6. The normalized spacial score (nSPS) is 19.0. The van der Waals surface area contributed by atoms with Gasteiger partial charge in [0.15, 0.2) is 5.82 Å². The van der Waals surface area contributed by atoms with Gasteiger partial charge in [-0.25, -0.2) is 0 Å².